The van der Waals surface area contributed by atoms with Gasteiger partial charge >= 0.3 is 0 Å². The first kappa shape index (κ1) is 12.9. The lowest BCUT2D eigenvalue weighted by atomic mass is 10.2. The van der Waals surface area contributed by atoms with Gasteiger partial charge in [-0.1, -0.05) is 22.0 Å². The van der Waals surface area contributed by atoms with E-state index < -0.39 is 0 Å². The third-order valence-corrected chi connectivity index (χ3v) is 3.50. The van der Waals surface area contributed by atoms with Gasteiger partial charge in [-0.3, -0.25) is 0 Å². The van der Waals surface area contributed by atoms with Gasteiger partial charge in [-0.2, -0.15) is 0 Å². The molecule has 0 radical (unpaired) electrons. The van der Waals surface area contributed by atoms with Gasteiger partial charge in [0.1, 0.15) is 0 Å². The molecule has 0 aliphatic rings. The topological polar surface area (TPSA) is 3.24 Å². The van der Waals surface area contributed by atoms with Gasteiger partial charge in [-0.05, 0) is 38.5 Å². The lowest BCUT2D eigenvalue weighted by molar-refractivity contribution is 0.703. The molecule has 0 aliphatic heterocycles. The number of rotatable bonds is 4. The minimum atomic E-state index is 0.517. The predicted octanol–water partition coefficient (Wildman–Crippen LogP) is 4.42. The molecule has 0 amide bonds. The number of benzene rings is 1. The summed E-state index contributed by atoms with van der Waals surface area (Å²) >= 11 is 9.36. The second kappa shape index (κ2) is 5.76. The average molecular weight is 291 g/mol. The molecule has 0 aliphatic carbocycles. The number of alkyl halides is 1. The van der Waals surface area contributed by atoms with E-state index in [4.69, 9.17) is 11.6 Å². The molecule has 0 spiro atoms. The Morgan fingerprint density at radius 1 is 1.40 bits per heavy atom. The Kier molecular flexibility index (Phi) is 4.94. The zero-order valence-electron chi connectivity index (χ0n) is 9.43. The fourth-order valence-corrected chi connectivity index (χ4v) is 2.57. The van der Waals surface area contributed by atoms with E-state index in [1.54, 1.807) is 0 Å². The van der Waals surface area contributed by atoms with Crippen LogP contribution in [0, 0.1) is 0 Å². The minimum Gasteiger partial charge on any atom is -0.369 e. The van der Waals surface area contributed by atoms with Crippen LogP contribution in [-0.4, -0.2) is 12.6 Å². The van der Waals surface area contributed by atoms with Crippen molar-refractivity contribution in [2.24, 2.45) is 0 Å². The summed E-state index contributed by atoms with van der Waals surface area (Å²) in [5, 5.41) is 0. The Bertz CT molecular complexity index is 325. The summed E-state index contributed by atoms with van der Waals surface area (Å²) in [5.41, 5.74) is 2.38. The molecule has 84 valence electrons. The summed E-state index contributed by atoms with van der Waals surface area (Å²) in [6, 6.07) is 6.87. The van der Waals surface area contributed by atoms with Crippen LogP contribution in [0.25, 0.3) is 0 Å². The quantitative estimate of drug-likeness (QED) is 0.742. The number of hydrogen-bond acceptors (Lipinski definition) is 1. The maximum absolute atomic E-state index is 5.82. The van der Waals surface area contributed by atoms with Crippen molar-refractivity contribution in [2.45, 2.75) is 32.7 Å². The van der Waals surface area contributed by atoms with E-state index in [-0.39, 0.29) is 0 Å². The summed E-state index contributed by atoms with van der Waals surface area (Å²) in [6.07, 6.45) is 0. The van der Waals surface area contributed by atoms with Crippen LogP contribution in [0.15, 0.2) is 22.7 Å². The van der Waals surface area contributed by atoms with E-state index >= 15 is 0 Å². The number of nitrogens with zero attached hydrogens (tertiary/aromatic N) is 1. The molecule has 1 aromatic rings. The van der Waals surface area contributed by atoms with Crippen LogP contribution in [-0.2, 0) is 5.88 Å². The molecule has 0 bridgehead atoms. The third kappa shape index (κ3) is 3.12. The molecule has 15 heavy (non-hydrogen) atoms. The minimum absolute atomic E-state index is 0.517. The summed E-state index contributed by atoms with van der Waals surface area (Å²) in [4.78, 5) is 2.35. The lowest BCUT2D eigenvalue weighted by Crippen LogP contribution is -2.30. The van der Waals surface area contributed by atoms with Gasteiger partial charge in [-0.15, -0.1) is 11.6 Å². The predicted molar refractivity (Wildman–Crippen MR) is 71.9 cm³/mol. The SMILES string of the molecule is CCN(c1ccc(CCl)c(Br)c1)C(C)C. The maximum Gasteiger partial charge on any atom is 0.0485 e. The Hall–Kier alpha value is -0.210. The Morgan fingerprint density at radius 3 is 2.47 bits per heavy atom. The van der Waals surface area contributed by atoms with Crippen molar-refractivity contribution in [3.8, 4) is 0 Å². The lowest BCUT2D eigenvalue weighted by Gasteiger charge is -2.28. The van der Waals surface area contributed by atoms with Crippen LogP contribution < -0.4 is 4.90 Å². The molecule has 0 N–H and O–H groups in total. The van der Waals surface area contributed by atoms with Gasteiger partial charge in [0.25, 0.3) is 0 Å². The van der Waals surface area contributed by atoms with Crippen LogP contribution in [0.5, 0.6) is 0 Å². The number of hydrogen-bond donors (Lipinski definition) is 0. The molecule has 0 heterocycles. The zero-order valence-corrected chi connectivity index (χ0v) is 11.8. The molecule has 0 saturated heterocycles. The zero-order chi connectivity index (χ0) is 11.4. The van der Waals surface area contributed by atoms with Crippen molar-refractivity contribution in [3.05, 3.63) is 28.2 Å². The standard InChI is InChI=1S/C12H17BrClN/c1-4-15(9(2)3)11-6-5-10(8-14)12(13)7-11/h5-7,9H,4,8H2,1-3H3. The number of anilines is 1. The smallest absolute Gasteiger partial charge is 0.0485 e. The van der Waals surface area contributed by atoms with Crippen molar-refractivity contribution in [3.63, 3.8) is 0 Å². The van der Waals surface area contributed by atoms with E-state index in [9.17, 15) is 0 Å². The summed E-state index contributed by atoms with van der Waals surface area (Å²) in [7, 11) is 0. The molecule has 0 unspecified atom stereocenters. The monoisotopic (exact) mass is 289 g/mol. The molecule has 1 nitrogen and oxygen atoms in total. The van der Waals surface area contributed by atoms with Gasteiger partial charge in [0.05, 0.1) is 0 Å². The average Bonchev–Trinajstić information content (AvgIpc) is 2.18. The second-order valence-corrected chi connectivity index (χ2v) is 4.91. The van der Waals surface area contributed by atoms with Crippen molar-refractivity contribution in [1.29, 1.82) is 0 Å². The highest BCUT2D eigenvalue weighted by atomic mass is 79.9. The van der Waals surface area contributed by atoms with Crippen molar-refractivity contribution >= 4 is 33.2 Å². The van der Waals surface area contributed by atoms with Gasteiger partial charge in [0.15, 0.2) is 0 Å². The van der Waals surface area contributed by atoms with Crippen LogP contribution in [0.2, 0.25) is 0 Å². The fourth-order valence-electron chi connectivity index (χ4n) is 1.67. The molecule has 0 aromatic heterocycles. The van der Waals surface area contributed by atoms with E-state index in [1.165, 1.54) is 5.69 Å². The Morgan fingerprint density at radius 2 is 2.07 bits per heavy atom. The molecule has 1 rings (SSSR count). The molecule has 0 fully saturated rings. The summed E-state index contributed by atoms with van der Waals surface area (Å²) in [5.74, 6) is 0.550. The van der Waals surface area contributed by atoms with Crippen molar-refractivity contribution in [2.75, 3.05) is 11.4 Å². The molecule has 3 heteroatoms. The van der Waals surface area contributed by atoms with Crippen LogP contribution in [0.1, 0.15) is 26.3 Å². The van der Waals surface area contributed by atoms with E-state index in [1.807, 2.05) is 0 Å². The highest BCUT2D eigenvalue weighted by Gasteiger charge is 2.09. The first-order valence-corrected chi connectivity index (χ1v) is 6.54. The normalized spacial score (nSPS) is 10.8. The molecule has 1 aromatic carbocycles. The Balaban J connectivity index is 3.00. The van der Waals surface area contributed by atoms with Gasteiger partial charge in [-0.25, -0.2) is 0 Å². The molecular weight excluding hydrogens is 273 g/mol. The summed E-state index contributed by atoms with van der Waals surface area (Å²) in [6.45, 7) is 7.59. The van der Waals surface area contributed by atoms with Crippen LogP contribution in [0.3, 0.4) is 0 Å². The molecular formula is C12H17BrClN. The first-order chi connectivity index (χ1) is 7.10. The van der Waals surface area contributed by atoms with Gasteiger partial charge < -0.3 is 4.90 Å². The third-order valence-electron chi connectivity index (χ3n) is 2.48. The van der Waals surface area contributed by atoms with Gasteiger partial charge in [0.2, 0.25) is 0 Å². The molecule has 0 saturated carbocycles. The van der Waals surface area contributed by atoms with Crippen LogP contribution in [0.4, 0.5) is 5.69 Å². The Labute approximate surface area is 106 Å². The van der Waals surface area contributed by atoms with E-state index in [0.29, 0.717) is 11.9 Å². The second-order valence-electron chi connectivity index (χ2n) is 3.79. The maximum atomic E-state index is 5.82. The largest absolute Gasteiger partial charge is 0.369 e. The van der Waals surface area contributed by atoms with E-state index in [2.05, 4.69) is 59.8 Å². The highest BCUT2D eigenvalue weighted by Crippen LogP contribution is 2.26. The highest BCUT2D eigenvalue weighted by molar-refractivity contribution is 9.10. The number of halogens is 2. The first-order valence-electron chi connectivity index (χ1n) is 5.21. The van der Waals surface area contributed by atoms with Gasteiger partial charge in [0, 0.05) is 28.6 Å². The van der Waals surface area contributed by atoms with Crippen molar-refractivity contribution < 1.29 is 0 Å². The summed E-state index contributed by atoms with van der Waals surface area (Å²) < 4.78 is 1.09. The van der Waals surface area contributed by atoms with E-state index in [0.717, 1.165) is 16.6 Å². The van der Waals surface area contributed by atoms with Crippen molar-refractivity contribution in [1.82, 2.24) is 0 Å². The fraction of sp³-hybridized carbons (Fsp3) is 0.500. The van der Waals surface area contributed by atoms with Crippen LogP contribution >= 0.6 is 27.5 Å². The molecule has 0 atom stereocenters.